The van der Waals surface area contributed by atoms with E-state index in [-0.39, 0.29) is 17.3 Å². The zero-order valence-electron chi connectivity index (χ0n) is 11.3. The van der Waals surface area contributed by atoms with Crippen molar-refractivity contribution in [3.8, 4) is 10.6 Å². The molecule has 1 N–H and O–H groups in total. The highest BCUT2D eigenvalue weighted by Gasteiger charge is 2.12. The van der Waals surface area contributed by atoms with Crippen LogP contribution in [0.4, 0.5) is 5.13 Å². The zero-order valence-corrected chi connectivity index (χ0v) is 14.5. The lowest BCUT2D eigenvalue weighted by atomic mass is 10.4. The minimum absolute atomic E-state index is 0.00604. The number of halogens is 1. The third-order valence-corrected chi connectivity index (χ3v) is 5.75. The van der Waals surface area contributed by atoms with Gasteiger partial charge < -0.3 is 5.32 Å². The maximum Gasteiger partial charge on any atom is 0.307 e. The Morgan fingerprint density at radius 2 is 2.18 bits per heavy atom. The molecule has 3 aromatic rings. The summed E-state index contributed by atoms with van der Waals surface area (Å²) in [6, 6.07) is 3.70. The smallest absolute Gasteiger partial charge is 0.300 e. The van der Waals surface area contributed by atoms with Crippen molar-refractivity contribution >= 4 is 56.7 Å². The van der Waals surface area contributed by atoms with E-state index >= 15 is 0 Å². The molecule has 0 bridgehead atoms. The van der Waals surface area contributed by atoms with Crippen molar-refractivity contribution in [3.63, 3.8) is 0 Å². The van der Waals surface area contributed by atoms with E-state index in [4.69, 9.17) is 11.6 Å². The number of nitrogens with one attached hydrogen (secondary N) is 1. The second-order valence-electron chi connectivity index (χ2n) is 4.42. The molecule has 0 aliphatic heterocycles. The van der Waals surface area contributed by atoms with Crippen molar-refractivity contribution in [2.24, 2.45) is 0 Å². The average molecular weight is 372 g/mol. The molecule has 0 aliphatic rings. The molecule has 0 radical (unpaired) electrons. The molecule has 114 valence electrons. The SMILES string of the molecule is Cc1csc(=O)n1CC(=O)Nc1nc(-c2ccc(Cl)s2)cs1. The summed E-state index contributed by atoms with van der Waals surface area (Å²) in [6.45, 7) is 1.79. The Labute approximate surface area is 142 Å². The first kappa shape index (κ1) is 15.4. The van der Waals surface area contributed by atoms with Crippen LogP contribution in [0, 0.1) is 6.92 Å². The summed E-state index contributed by atoms with van der Waals surface area (Å²) in [5.41, 5.74) is 1.55. The summed E-state index contributed by atoms with van der Waals surface area (Å²) in [5.74, 6) is -0.270. The lowest BCUT2D eigenvalue weighted by Crippen LogP contribution is -2.25. The Morgan fingerprint density at radius 3 is 2.82 bits per heavy atom. The Balaban J connectivity index is 1.70. The van der Waals surface area contributed by atoms with Gasteiger partial charge in [0.05, 0.1) is 14.9 Å². The Morgan fingerprint density at radius 1 is 1.36 bits per heavy atom. The summed E-state index contributed by atoms with van der Waals surface area (Å²) in [7, 11) is 0. The quantitative estimate of drug-likeness (QED) is 0.760. The number of thiazole rings is 2. The predicted molar refractivity (Wildman–Crippen MR) is 92.4 cm³/mol. The number of amides is 1. The van der Waals surface area contributed by atoms with Gasteiger partial charge in [0.1, 0.15) is 6.54 Å². The fourth-order valence-corrected chi connectivity index (χ4v) is 4.33. The molecule has 0 fully saturated rings. The van der Waals surface area contributed by atoms with Crippen molar-refractivity contribution in [1.29, 1.82) is 0 Å². The lowest BCUT2D eigenvalue weighted by molar-refractivity contribution is -0.116. The maximum absolute atomic E-state index is 12.0. The molecule has 0 unspecified atom stereocenters. The predicted octanol–water partition coefficient (Wildman–Crippen LogP) is 3.70. The van der Waals surface area contributed by atoms with Gasteiger partial charge in [-0.05, 0) is 19.1 Å². The fourth-order valence-electron chi connectivity index (χ4n) is 1.79. The summed E-state index contributed by atoms with van der Waals surface area (Å²) >= 11 is 9.76. The number of hydrogen-bond acceptors (Lipinski definition) is 6. The van der Waals surface area contributed by atoms with Crippen LogP contribution < -0.4 is 10.2 Å². The van der Waals surface area contributed by atoms with Gasteiger partial charge in [0.15, 0.2) is 5.13 Å². The van der Waals surface area contributed by atoms with E-state index in [9.17, 15) is 9.59 Å². The van der Waals surface area contributed by atoms with Crippen molar-refractivity contribution in [2.45, 2.75) is 13.5 Å². The number of carbonyl (C=O) groups is 1. The minimum atomic E-state index is -0.270. The van der Waals surface area contributed by atoms with Crippen molar-refractivity contribution < 1.29 is 4.79 Å². The van der Waals surface area contributed by atoms with Crippen LogP contribution in [-0.4, -0.2) is 15.5 Å². The molecule has 0 saturated heterocycles. The van der Waals surface area contributed by atoms with E-state index in [0.717, 1.165) is 27.6 Å². The average Bonchev–Trinajstić information content (AvgIpc) is 3.16. The van der Waals surface area contributed by atoms with Gasteiger partial charge in [0.2, 0.25) is 5.91 Å². The van der Waals surface area contributed by atoms with Crippen molar-refractivity contribution in [1.82, 2.24) is 9.55 Å². The van der Waals surface area contributed by atoms with Crippen LogP contribution in [-0.2, 0) is 11.3 Å². The molecule has 0 spiro atoms. The lowest BCUT2D eigenvalue weighted by Gasteiger charge is -2.03. The van der Waals surface area contributed by atoms with Crippen LogP contribution >= 0.6 is 45.6 Å². The topological polar surface area (TPSA) is 64.0 Å². The monoisotopic (exact) mass is 371 g/mol. The summed E-state index contributed by atoms with van der Waals surface area (Å²) in [4.78, 5) is 28.8. The minimum Gasteiger partial charge on any atom is -0.300 e. The van der Waals surface area contributed by atoms with Gasteiger partial charge in [-0.25, -0.2) is 4.98 Å². The highest BCUT2D eigenvalue weighted by Crippen LogP contribution is 2.32. The van der Waals surface area contributed by atoms with Gasteiger partial charge in [0.25, 0.3) is 0 Å². The zero-order chi connectivity index (χ0) is 15.7. The molecule has 0 aromatic carbocycles. The highest BCUT2D eigenvalue weighted by atomic mass is 35.5. The number of thiophene rings is 1. The van der Waals surface area contributed by atoms with Gasteiger partial charge in [-0.3, -0.25) is 14.2 Å². The van der Waals surface area contributed by atoms with Gasteiger partial charge in [-0.15, -0.1) is 22.7 Å². The molecule has 3 heterocycles. The van der Waals surface area contributed by atoms with Crippen LogP contribution in [0.3, 0.4) is 0 Å². The summed E-state index contributed by atoms with van der Waals surface area (Å²) in [5, 5.41) is 6.82. The van der Waals surface area contributed by atoms with E-state index in [2.05, 4.69) is 10.3 Å². The first-order chi connectivity index (χ1) is 10.5. The van der Waals surface area contributed by atoms with Gasteiger partial charge >= 0.3 is 4.87 Å². The molecule has 3 rings (SSSR count). The number of aromatic nitrogens is 2. The van der Waals surface area contributed by atoms with Crippen molar-refractivity contribution in [2.75, 3.05) is 5.32 Å². The third-order valence-electron chi connectivity index (χ3n) is 2.85. The molecule has 0 atom stereocenters. The number of anilines is 1. The van der Waals surface area contributed by atoms with E-state index in [1.807, 2.05) is 17.5 Å². The first-order valence-corrected chi connectivity index (χ1v) is 9.14. The molecule has 0 aliphatic carbocycles. The summed E-state index contributed by atoms with van der Waals surface area (Å²) < 4.78 is 2.13. The Kier molecular flexibility index (Phi) is 4.44. The normalized spacial score (nSPS) is 10.8. The van der Waals surface area contributed by atoms with E-state index < -0.39 is 0 Å². The molecule has 9 heteroatoms. The first-order valence-electron chi connectivity index (χ1n) is 6.19. The van der Waals surface area contributed by atoms with Crippen molar-refractivity contribution in [3.05, 3.63) is 42.6 Å². The van der Waals surface area contributed by atoms with E-state index in [0.29, 0.717) is 9.47 Å². The summed E-state index contributed by atoms with van der Waals surface area (Å²) in [6.07, 6.45) is 0. The molecule has 5 nitrogen and oxygen atoms in total. The Bertz CT molecular complexity index is 877. The largest absolute Gasteiger partial charge is 0.307 e. The second-order valence-corrected chi connectivity index (χ2v) is 7.81. The van der Waals surface area contributed by atoms with Crippen LogP contribution in [0.15, 0.2) is 27.7 Å². The van der Waals surface area contributed by atoms with Crippen LogP contribution in [0.1, 0.15) is 5.69 Å². The molecular weight excluding hydrogens is 362 g/mol. The number of carbonyl (C=O) groups excluding carboxylic acids is 1. The fraction of sp³-hybridized carbons (Fsp3) is 0.154. The molecule has 1 amide bonds. The highest BCUT2D eigenvalue weighted by molar-refractivity contribution is 7.20. The van der Waals surface area contributed by atoms with Crippen LogP contribution in [0.5, 0.6) is 0 Å². The molecule has 22 heavy (non-hydrogen) atoms. The van der Waals surface area contributed by atoms with Gasteiger partial charge in [-0.1, -0.05) is 22.9 Å². The van der Waals surface area contributed by atoms with E-state index in [1.165, 1.54) is 27.2 Å². The number of rotatable bonds is 4. The molecule has 3 aromatic heterocycles. The molecular formula is C13H10ClN3O2S3. The van der Waals surface area contributed by atoms with Crippen LogP contribution in [0.25, 0.3) is 10.6 Å². The third kappa shape index (κ3) is 3.30. The second kappa shape index (κ2) is 6.33. The number of aryl methyl sites for hydroxylation is 1. The Hall–Kier alpha value is -1.48. The number of hydrogen-bond donors (Lipinski definition) is 1. The van der Waals surface area contributed by atoms with Gasteiger partial charge in [0, 0.05) is 16.5 Å². The number of nitrogens with zero attached hydrogens (tertiary/aromatic N) is 2. The maximum atomic E-state index is 12.0. The van der Waals surface area contributed by atoms with Gasteiger partial charge in [-0.2, -0.15) is 0 Å². The standard InChI is InChI=1S/C13H10ClN3O2S3/c1-7-5-21-13(19)17(7)4-11(18)16-12-15-8(6-20-12)9-2-3-10(14)22-9/h2-3,5-6H,4H2,1H3,(H,15,16,18). The van der Waals surface area contributed by atoms with E-state index in [1.54, 1.807) is 12.3 Å². The molecule has 0 saturated carbocycles. The van der Waals surface area contributed by atoms with Crippen LogP contribution in [0.2, 0.25) is 4.34 Å².